The minimum atomic E-state index is -4.38. The number of nitrogens with zero attached hydrogens (tertiary/aromatic N) is 3. The van der Waals surface area contributed by atoms with Gasteiger partial charge in [0.2, 0.25) is 0 Å². The molecule has 3 aromatic carbocycles. The number of amides is 1. The lowest BCUT2D eigenvalue weighted by atomic mass is 10.0. The molecule has 0 spiro atoms. The van der Waals surface area contributed by atoms with Crippen molar-refractivity contribution in [1.82, 2.24) is 14.7 Å². The van der Waals surface area contributed by atoms with E-state index >= 15 is 0 Å². The van der Waals surface area contributed by atoms with Gasteiger partial charge in [0.1, 0.15) is 17.7 Å². The molecule has 11 heteroatoms. The summed E-state index contributed by atoms with van der Waals surface area (Å²) in [5.41, 5.74) is 1.91. The molecule has 1 aliphatic heterocycles. The lowest BCUT2D eigenvalue weighted by Gasteiger charge is -2.32. The summed E-state index contributed by atoms with van der Waals surface area (Å²) in [7, 11) is 0. The topological polar surface area (TPSA) is 59.4 Å². The first-order valence-electron chi connectivity index (χ1n) is 14.3. The van der Waals surface area contributed by atoms with Gasteiger partial charge in [-0.3, -0.25) is 14.4 Å². The molecule has 0 saturated carbocycles. The van der Waals surface area contributed by atoms with Gasteiger partial charge >= 0.3 is 6.18 Å². The molecule has 1 aromatic heterocycles. The number of nitrogens with one attached hydrogen (secondary N) is 1. The van der Waals surface area contributed by atoms with Gasteiger partial charge in [-0.05, 0) is 106 Å². The molecule has 0 bridgehead atoms. The standard InChI is InChI=1S/C33H33ClF4N4O2/c1-32(2,3)42-30(21-4-8-24(35)9-5-21)28(19-39-42)31(43)40-25-10-13-29(34)22(18-25)20-41-16-14-27(15-17-41)44-26-11-6-23(7-12-26)33(36,37)38/h4-13,18-19,27H,14-17,20H2,1-3H3,(H,40,43). The molecule has 1 aliphatic rings. The van der Waals surface area contributed by atoms with Gasteiger partial charge < -0.3 is 10.1 Å². The van der Waals surface area contributed by atoms with Crippen LogP contribution in [0.5, 0.6) is 5.75 Å². The van der Waals surface area contributed by atoms with Crippen LogP contribution in [0, 0.1) is 5.82 Å². The number of ether oxygens (including phenoxy) is 1. The highest BCUT2D eigenvalue weighted by atomic mass is 35.5. The second kappa shape index (κ2) is 12.6. The first kappa shape index (κ1) is 31.5. The van der Waals surface area contributed by atoms with Crippen molar-refractivity contribution in [1.29, 1.82) is 0 Å². The van der Waals surface area contributed by atoms with E-state index in [9.17, 15) is 22.4 Å². The van der Waals surface area contributed by atoms with Gasteiger partial charge in [-0.15, -0.1) is 0 Å². The Balaban J connectivity index is 1.23. The zero-order valence-corrected chi connectivity index (χ0v) is 25.3. The second-order valence-electron chi connectivity index (χ2n) is 11.9. The van der Waals surface area contributed by atoms with Crippen LogP contribution in [0.1, 0.15) is 55.1 Å². The average Bonchev–Trinajstić information content (AvgIpc) is 3.42. The van der Waals surface area contributed by atoms with E-state index in [1.807, 2.05) is 26.8 Å². The van der Waals surface area contributed by atoms with Crippen LogP contribution >= 0.6 is 11.6 Å². The minimum Gasteiger partial charge on any atom is -0.490 e. The van der Waals surface area contributed by atoms with Crippen LogP contribution in [0.3, 0.4) is 0 Å². The Morgan fingerprint density at radius 3 is 2.27 bits per heavy atom. The summed E-state index contributed by atoms with van der Waals surface area (Å²) < 4.78 is 59.8. The smallest absolute Gasteiger partial charge is 0.416 e. The van der Waals surface area contributed by atoms with Crippen LogP contribution in [0.2, 0.25) is 5.02 Å². The monoisotopic (exact) mass is 628 g/mol. The van der Waals surface area contributed by atoms with E-state index in [-0.39, 0.29) is 17.8 Å². The molecule has 5 rings (SSSR count). The number of aromatic nitrogens is 2. The first-order valence-corrected chi connectivity index (χ1v) is 14.7. The molecular formula is C33H33ClF4N4O2. The Kier molecular flexibility index (Phi) is 9.04. The zero-order valence-electron chi connectivity index (χ0n) is 24.6. The van der Waals surface area contributed by atoms with Crippen molar-refractivity contribution in [3.05, 3.63) is 100 Å². The van der Waals surface area contributed by atoms with E-state index in [0.29, 0.717) is 65.8 Å². The van der Waals surface area contributed by atoms with Gasteiger partial charge in [-0.2, -0.15) is 18.3 Å². The minimum absolute atomic E-state index is 0.103. The van der Waals surface area contributed by atoms with Crippen molar-refractivity contribution in [3.63, 3.8) is 0 Å². The highest BCUT2D eigenvalue weighted by molar-refractivity contribution is 6.31. The summed E-state index contributed by atoms with van der Waals surface area (Å²) in [6.45, 7) is 7.91. The molecule has 1 saturated heterocycles. The molecule has 232 valence electrons. The Bertz CT molecular complexity index is 1600. The molecule has 0 radical (unpaired) electrons. The summed E-state index contributed by atoms with van der Waals surface area (Å²) >= 11 is 6.53. The van der Waals surface area contributed by atoms with Crippen LogP contribution in [-0.4, -0.2) is 39.8 Å². The van der Waals surface area contributed by atoms with Crippen LogP contribution in [0.15, 0.2) is 72.9 Å². The van der Waals surface area contributed by atoms with E-state index in [2.05, 4.69) is 15.3 Å². The number of carbonyl (C=O) groups is 1. The van der Waals surface area contributed by atoms with E-state index in [0.717, 1.165) is 17.7 Å². The number of carbonyl (C=O) groups excluding carboxylic acids is 1. The maximum atomic E-state index is 13.6. The molecular weight excluding hydrogens is 596 g/mol. The second-order valence-corrected chi connectivity index (χ2v) is 12.3. The highest BCUT2D eigenvalue weighted by Gasteiger charge is 2.30. The Hall–Kier alpha value is -3.89. The van der Waals surface area contributed by atoms with Crippen LogP contribution in [-0.2, 0) is 18.3 Å². The van der Waals surface area contributed by atoms with Crippen molar-refractivity contribution in [2.24, 2.45) is 0 Å². The van der Waals surface area contributed by atoms with E-state index in [4.69, 9.17) is 16.3 Å². The predicted octanol–water partition coefficient (Wildman–Crippen LogP) is 8.41. The van der Waals surface area contributed by atoms with Crippen molar-refractivity contribution < 1.29 is 27.1 Å². The average molecular weight is 629 g/mol. The number of likely N-dealkylation sites (tertiary alicyclic amines) is 1. The number of halogens is 5. The van der Waals surface area contributed by atoms with Crippen molar-refractivity contribution in [2.45, 2.75) is 58.0 Å². The third-order valence-corrected chi connectivity index (χ3v) is 7.85. The SMILES string of the molecule is CC(C)(C)n1ncc(C(=O)Nc2ccc(Cl)c(CN3CCC(Oc4ccc(C(F)(F)F)cc4)CC3)c2)c1-c1ccc(F)cc1. The summed E-state index contributed by atoms with van der Waals surface area (Å²) in [4.78, 5) is 15.7. The van der Waals surface area contributed by atoms with Gasteiger partial charge in [-0.25, -0.2) is 4.39 Å². The molecule has 2 heterocycles. The number of rotatable bonds is 7. The number of anilines is 1. The largest absolute Gasteiger partial charge is 0.490 e. The molecule has 1 N–H and O–H groups in total. The number of hydrogen-bond donors (Lipinski definition) is 1. The Morgan fingerprint density at radius 1 is 1.00 bits per heavy atom. The molecule has 6 nitrogen and oxygen atoms in total. The number of piperidine rings is 1. The maximum absolute atomic E-state index is 13.6. The van der Waals surface area contributed by atoms with Gasteiger partial charge in [-0.1, -0.05) is 11.6 Å². The number of hydrogen-bond acceptors (Lipinski definition) is 4. The number of benzene rings is 3. The van der Waals surface area contributed by atoms with E-state index < -0.39 is 17.3 Å². The maximum Gasteiger partial charge on any atom is 0.416 e. The zero-order chi connectivity index (χ0) is 31.6. The van der Waals surface area contributed by atoms with Gasteiger partial charge in [0.15, 0.2) is 0 Å². The van der Waals surface area contributed by atoms with E-state index in [1.165, 1.54) is 30.5 Å². The lowest BCUT2D eigenvalue weighted by molar-refractivity contribution is -0.137. The molecule has 0 aliphatic carbocycles. The Labute approximate surface area is 258 Å². The fourth-order valence-electron chi connectivity index (χ4n) is 5.22. The summed E-state index contributed by atoms with van der Waals surface area (Å²) in [6.07, 6.45) is -1.55. The predicted molar refractivity (Wildman–Crippen MR) is 162 cm³/mol. The molecule has 1 amide bonds. The first-order chi connectivity index (χ1) is 20.8. The van der Waals surface area contributed by atoms with Crippen molar-refractivity contribution in [3.8, 4) is 17.0 Å². The van der Waals surface area contributed by atoms with Crippen LogP contribution < -0.4 is 10.1 Å². The third kappa shape index (κ3) is 7.42. The van der Waals surface area contributed by atoms with Crippen molar-refractivity contribution in [2.75, 3.05) is 18.4 Å². The van der Waals surface area contributed by atoms with Gasteiger partial charge in [0.25, 0.3) is 5.91 Å². The van der Waals surface area contributed by atoms with Crippen molar-refractivity contribution >= 4 is 23.2 Å². The lowest BCUT2D eigenvalue weighted by Crippen LogP contribution is -2.37. The van der Waals surface area contributed by atoms with E-state index in [1.54, 1.807) is 28.9 Å². The molecule has 0 unspecified atom stereocenters. The fraction of sp³-hybridized carbons (Fsp3) is 0.333. The fourth-order valence-corrected chi connectivity index (χ4v) is 5.40. The molecule has 4 aromatic rings. The third-order valence-electron chi connectivity index (χ3n) is 7.48. The molecule has 44 heavy (non-hydrogen) atoms. The molecule has 1 fully saturated rings. The normalized spacial score (nSPS) is 14.9. The van der Waals surface area contributed by atoms with Gasteiger partial charge in [0, 0.05) is 35.9 Å². The van der Waals surface area contributed by atoms with Crippen LogP contribution in [0.25, 0.3) is 11.3 Å². The van der Waals surface area contributed by atoms with Crippen LogP contribution in [0.4, 0.5) is 23.2 Å². The molecule has 0 atom stereocenters. The quantitative estimate of drug-likeness (QED) is 0.209. The Morgan fingerprint density at radius 2 is 1.66 bits per heavy atom. The van der Waals surface area contributed by atoms with Gasteiger partial charge in [0.05, 0.1) is 28.6 Å². The summed E-state index contributed by atoms with van der Waals surface area (Å²) in [6, 6.07) is 16.0. The number of alkyl halides is 3. The highest BCUT2D eigenvalue weighted by Crippen LogP contribution is 2.32. The summed E-state index contributed by atoms with van der Waals surface area (Å²) in [5, 5.41) is 8.01. The summed E-state index contributed by atoms with van der Waals surface area (Å²) in [5.74, 6) is -0.306.